The van der Waals surface area contributed by atoms with E-state index >= 15 is 0 Å². The molecule has 0 bridgehead atoms. The highest BCUT2D eigenvalue weighted by molar-refractivity contribution is 5.75. The third-order valence-electron chi connectivity index (χ3n) is 4.55. The molecule has 1 aliphatic rings. The lowest BCUT2D eigenvalue weighted by Crippen LogP contribution is -2.14. The van der Waals surface area contributed by atoms with Gasteiger partial charge in [0.15, 0.2) is 5.82 Å². The number of nitrogens with zero attached hydrogens (tertiary/aromatic N) is 3. The molecule has 23 heavy (non-hydrogen) atoms. The van der Waals surface area contributed by atoms with E-state index in [2.05, 4.69) is 29.1 Å². The zero-order valence-corrected chi connectivity index (χ0v) is 13.7. The Kier molecular flexibility index (Phi) is 4.74. The Balaban J connectivity index is 1.85. The van der Waals surface area contributed by atoms with E-state index in [1.54, 1.807) is 0 Å². The number of aryl methyl sites for hydroxylation is 2. The first-order valence-corrected chi connectivity index (χ1v) is 8.42. The molecule has 0 unspecified atom stereocenters. The first kappa shape index (κ1) is 15.7. The van der Waals surface area contributed by atoms with Crippen LogP contribution in [-0.2, 0) is 17.6 Å². The maximum Gasteiger partial charge on any atom is 0.225 e. The van der Waals surface area contributed by atoms with E-state index in [1.807, 2.05) is 16.8 Å². The fourth-order valence-corrected chi connectivity index (χ4v) is 3.38. The van der Waals surface area contributed by atoms with Gasteiger partial charge in [-0.25, -0.2) is 9.67 Å². The number of nitrogens with two attached hydrogens (primary N) is 1. The molecule has 2 N–H and O–H groups in total. The second-order valence-corrected chi connectivity index (χ2v) is 6.53. The smallest absolute Gasteiger partial charge is 0.225 e. The van der Waals surface area contributed by atoms with Crippen molar-refractivity contribution in [2.75, 3.05) is 0 Å². The summed E-state index contributed by atoms with van der Waals surface area (Å²) in [7, 11) is 0. The lowest BCUT2D eigenvalue weighted by atomic mass is 10.0. The van der Waals surface area contributed by atoms with Crippen molar-refractivity contribution in [2.24, 2.45) is 11.7 Å². The molecule has 1 aliphatic carbocycles. The molecule has 5 nitrogen and oxygen atoms in total. The molecule has 1 aromatic carbocycles. The number of benzene rings is 1. The molecule has 0 spiro atoms. The van der Waals surface area contributed by atoms with Crippen LogP contribution in [0, 0.1) is 12.8 Å². The molecule has 0 radical (unpaired) electrons. The van der Waals surface area contributed by atoms with Gasteiger partial charge in [-0.15, -0.1) is 0 Å². The van der Waals surface area contributed by atoms with E-state index in [9.17, 15) is 4.79 Å². The zero-order valence-electron chi connectivity index (χ0n) is 13.7. The number of carbonyl (C=O) groups excluding carboxylic acids is 1. The van der Waals surface area contributed by atoms with Crippen molar-refractivity contribution in [2.45, 2.75) is 51.9 Å². The summed E-state index contributed by atoms with van der Waals surface area (Å²) in [6, 6.07) is 8.18. The van der Waals surface area contributed by atoms with E-state index in [1.165, 1.54) is 31.2 Å². The first-order valence-electron chi connectivity index (χ1n) is 8.42. The van der Waals surface area contributed by atoms with Crippen LogP contribution in [0.2, 0.25) is 0 Å². The zero-order chi connectivity index (χ0) is 16.2. The summed E-state index contributed by atoms with van der Waals surface area (Å²) >= 11 is 0. The number of hydrogen-bond donors (Lipinski definition) is 1. The van der Waals surface area contributed by atoms with Crippen molar-refractivity contribution in [3.8, 4) is 5.69 Å². The van der Waals surface area contributed by atoms with Gasteiger partial charge in [-0.2, -0.15) is 5.10 Å². The van der Waals surface area contributed by atoms with Gasteiger partial charge in [-0.1, -0.05) is 37.8 Å². The Morgan fingerprint density at radius 3 is 2.83 bits per heavy atom. The largest absolute Gasteiger partial charge is 0.369 e. The highest BCUT2D eigenvalue weighted by Gasteiger charge is 2.18. The van der Waals surface area contributed by atoms with Gasteiger partial charge in [0.2, 0.25) is 5.91 Å². The molecular weight excluding hydrogens is 288 g/mol. The van der Waals surface area contributed by atoms with Crippen LogP contribution in [0.3, 0.4) is 0 Å². The molecule has 0 saturated heterocycles. The van der Waals surface area contributed by atoms with E-state index in [0.29, 0.717) is 5.82 Å². The predicted molar refractivity (Wildman–Crippen MR) is 89.3 cm³/mol. The first-order chi connectivity index (χ1) is 11.1. The molecule has 1 heterocycles. The minimum Gasteiger partial charge on any atom is -0.369 e. The Bertz CT molecular complexity index is 686. The van der Waals surface area contributed by atoms with Crippen LogP contribution in [0.25, 0.3) is 5.69 Å². The molecule has 0 aliphatic heterocycles. The molecule has 1 aromatic heterocycles. The number of hydrogen-bond acceptors (Lipinski definition) is 3. The van der Waals surface area contributed by atoms with Gasteiger partial charge in [0, 0.05) is 6.42 Å². The van der Waals surface area contributed by atoms with Crippen molar-refractivity contribution in [1.82, 2.24) is 14.8 Å². The number of aromatic nitrogens is 3. The lowest BCUT2D eigenvalue weighted by Gasteiger charge is -2.10. The summed E-state index contributed by atoms with van der Waals surface area (Å²) in [5.41, 5.74) is 7.46. The molecule has 5 heteroatoms. The Hall–Kier alpha value is -2.17. The monoisotopic (exact) mass is 312 g/mol. The summed E-state index contributed by atoms with van der Waals surface area (Å²) in [4.78, 5) is 15.7. The summed E-state index contributed by atoms with van der Waals surface area (Å²) in [6.07, 6.45) is 7.48. The third kappa shape index (κ3) is 3.97. The molecule has 0 atom stereocenters. The third-order valence-corrected chi connectivity index (χ3v) is 4.55. The summed E-state index contributed by atoms with van der Waals surface area (Å²) in [5.74, 6) is 1.85. The summed E-state index contributed by atoms with van der Waals surface area (Å²) in [5, 5.41) is 4.51. The SMILES string of the molecule is Cc1cccc(-n2nc(CC(N)=O)nc2CCC2CCCC2)c1. The minimum absolute atomic E-state index is 0.0925. The van der Waals surface area contributed by atoms with Crippen molar-refractivity contribution in [3.63, 3.8) is 0 Å². The molecule has 1 fully saturated rings. The molecule has 122 valence electrons. The van der Waals surface area contributed by atoms with Crippen molar-refractivity contribution >= 4 is 5.91 Å². The standard InChI is InChI=1S/C18H24N4O/c1-13-5-4-8-15(11-13)22-18(10-9-14-6-2-3-7-14)20-17(21-22)12-16(19)23/h4-5,8,11,14H,2-3,6-7,9-10,12H2,1H3,(H2,19,23). The van der Waals surface area contributed by atoms with Crippen LogP contribution in [0.15, 0.2) is 24.3 Å². The second-order valence-electron chi connectivity index (χ2n) is 6.53. The number of primary amides is 1. The molecule has 2 aromatic rings. The van der Waals surface area contributed by atoms with E-state index in [0.717, 1.165) is 30.3 Å². The van der Waals surface area contributed by atoms with Crippen LogP contribution in [0.4, 0.5) is 0 Å². The quantitative estimate of drug-likeness (QED) is 0.891. The summed E-state index contributed by atoms with van der Waals surface area (Å²) in [6.45, 7) is 2.06. The molecular formula is C18H24N4O. The minimum atomic E-state index is -0.395. The number of amides is 1. The maximum atomic E-state index is 11.2. The maximum absolute atomic E-state index is 11.2. The van der Waals surface area contributed by atoms with Gasteiger partial charge >= 0.3 is 0 Å². The van der Waals surface area contributed by atoms with Gasteiger partial charge < -0.3 is 5.73 Å². The lowest BCUT2D eigenvalue weighted by molar-refractivity contribution is -0.117. The van der Waals surface area contributed by atoms with Crippen molar-refractivity contribution < 1.29 is 4.79 Å². The van der Waals surface area contributed by atoms with Gasteiger partial charge in [0.1, 0.15) is 5.82 Å². The van der Waals surface area contributed by atoms with Gasteiger partial charge in [-0.3, -0.25) is 4.79 Å². The molecule has 1 saturated carbocycles. The van der Waals surface area contributed by atoms with Crippen LogP contribution in [-0.4, -0.2) is 20.7 Å². The van der Waals surface area contributed by atoms with Crippen molar-refractivity contribution in [3.05, 3.63) is 41.5 Å². The van der Waals surface area contributed by atoms with Crippen LogP contribution < -0.4 is 5.73 Å². The fourth-order valence-electron chi connectivity index (χ4n) is 3.38. The average Bonchev–Trinajstić information content (AvgIpc) is 3.14. The topological polar surface area (TPSA) is 73.8 Å². The van der Waals surface area contributed by atoms with Crippen LogP contribution in [0.1, 0.15) is 49.3 Å². The second kappa shape index (κ2) is 6.94. The van der Waals surface area contributed by atoms with Crippen molar-refractivity contribution in [1.29, 1.82) is 0 Å². The Morgan fingerprint density at radius 2 is 2.13 bits per heavy atom. The highest BCUT2D eigenvalue weighted by Crippen LogP contribution is 2.28. The van der Waals surface area contributed by atoms with Gasteiger partial charge in [-0.05, 0) is 37.0 Å². The predicted octanol–water partition coefficient (Wildman–Crippen LogP) is 2.73. The molecule has 3 rings (SSSR count). The Labute approximate surface area is 136 Å². The molecule has 1 amide bonds. The Morgan fingerprint density at radius 1 is 1.35 bits per heavy atom. The number of rotatable bonds is 6. The van der Waals surface area contributed by atoms with Gasteiger partial charge in [0.25, 0.3) is 0 Å². The fraction of sp³-hybridized carbons (Fsp3) is 0.500. The van der Waals surface area contributed by atoms with Crippen LogP contribution >= 0.6 is 0 Å². The average molecular weight is 312 g/mol. The number of carbonyl (C=O) groups is 1. The highest BCUT2D eigenvalue weighted by atomic mass is 16.1. The van der Waals surface area contributed by atoms with E-state index < -0.39 is 5.91 Å². The summed E-state index contributed by atoms with van der Waals surface area (Å²) < 4.78 is 1.88. The normalized spacial score (nSPS) is 15.2. The van der Waals surface area contributed by atoms with E-state index in [-0.39, 0.29) is 6.42 Å². The van der Waals surface area contributed by atoms with E-state index in [4.69, 9.17) is 5.73 Å². The van der Waals surface area contributed by atoms with Gasteiger partial charge in [0.05, 0.1) is 12.1 Å². The van der Waals surface area contributed by atoms with Crippen LogP contribution in [0.5, 0.6) is 0 Å².